The summed E-state index contributed by atoms with van der Waals surface area (Å²) in [6.07, 6.45) is 5.27. The van der Waals surface area contributed by atoms with Crippen molar-refractivity contribution in [2.75, 3.05) is 18.4 Å². The van der Waals surface area contributed by atoms with Crippen molar-refractivity contribution in [1.29, 1.82) is 0 Å². The van der Waals surface area contributed by atoms with E-state index >= 15 is 0 Å². The van der Waals surface area contributed by atoms with E-state index in [1.807, 2.05) is 19.3 Å². The molecule has 112 valence electrons. The summed E-state index contributed by atoms with van der Waals surface area (Å²) in [7, 11) is 1.88. The maximum absolute atomic E-state index is 12.2. The minimum atomic E-state index is -0.113. The van der Waals surface area contributed by atoms with Gasteiger partial charge in [0.15, 0.2) is 0 Å². The second-order valence-electron chi connectivity index (χ2n) is 4.81. The van der Waals surface area contributed by atoms with Crippen molar-refractivity contribution in [2.24, 2.45) is 7.05 Å². The molecule has 0 saturated carbocycles. The van der Waals surface area contributed by atoms with Crippen molar-refractivity contribution < 1.29 is 4.79 Å². The van der Waals surface area contributed by atoms with Gasteiger partial charge >= 0.3 is 0 Å². The van der Waals surface area contributed by atoms with Crippen LogP contribution in [0.2, 0.25) is 0 Å². The number of aryl methyl sites for hydroxylation is 1. The molecule has 0 atom stereocenters. The SMILES string of the molecule is CCCNc1ncccc1C(=O)NCCc1ccn(C)n1. The predicted octanol–water partition coefficient (Wildman–Crippen LogP) is 1.61. The Labute approximate surface area is 124 Å². The third kappa shape index (κ3) is 4.30. The second kappa shape index (κ2) is 7.42. The Morgan fingerprint density at radius 3 is 2.90 bits per heavy atom. The number of anilines is 1. The lowest BCUT2D eigenvalue weighted by Crippen LogP contribution is -2.27. The molecule has 0 fully saturated rings. The molecule has 1 amide bonds. The van der Waals surface area contributed by atoms with Crippen LogP contribution in [0.25, 0.3) is 0 Å². The molecular formula is C15H21N5O. The second-order valence-corrected chi connectivity index (χ2v) is 4.81. The summed E-state index contributed by atoms with van der Waals surface area (Å²) in [5.74, 6) is 0.521. The Hall–Kier alpha value is -2.37. The first-order valence-electron chi connectivity index (χ1n) is 7.16. The molecule has 0 aliphatic heterocycles. The highest BCUT2D eigenvalue weighted by atomic mass is 16.1. The lowest BCUT2D eigenvalue weighted by Gasteiger charge is -2.10. The fraction of sp³-hybridized carbons (Fsp3) is 0.400. The van der Waals surface area contributed by atoms with Gasteiger partial charge in [-0.1, -0.05) is 6.92 Å². The lowest BCUT2D eigenvalue weighted by molar-refractivity contribution is 0.0954. The topological polar surface area (TPSA) is 71.8 Å². The zero-order valence-electron chi connectivity index (χ0n) is 12.5. The molecule has 2 rings (SSSR count). The molecule has 0 spiro atoms. The van der Waals surface area contributed by atoms with Crippen LogP contribution in [0.3, 0.4) is 0 Å². The molecule has 0 aromatic carbocycles. The minimum Gasteiger partial charge on any atom is -0.369 e. The Morgan fingerprint density at radius 1 is 1.33 bits per heavy atom. The van der Waals surface area contributed by atoms with Crippen LogP contribution in [0.5, 0.6) is 0 Å². The normalized spacial score (nSPS) is 10.4. The van der Waals surface area contributed by atoms with Crippen LogP contribution < -0.4 is 10.6 Å². The number of hydrogen-bond donors (Lipinski definition) is 2. The molecule has 0 saturated heterocycles. The molecule has 21 heavy (non-hydrogen) atoms. The van der Waals surface area contributed by atoms with Gasteiger partial charge in [0, 0.05) is 39.0 Å². The van der Waals surface area contributed by atoms with Crippen molar-refractivity contribution in [1.82, 2.24) is 20.1 Å². The largest absolute Gasteiger partial charge is 0.369 e. The average molecular weight is 287 g/mol. The van der Waals surface area contributed by atoms with Gasteiger partial charge in [-0.3, -0.25) is 9.48 Å². The number of pyridine rings is 1. The van der Waals surface area contributed by atoms with Crippen LogP contribution in [-0.4, -0.2) is 33.8 Å². The molecule has 2 aromatic heterocycles. The smallest absolute Gasteiger partial charge is 0.255 e. The number of rotatable bonds is 7. The standard InChI is InChI=1S/C15H21N5O/c1-3-8-16-14-13(5-4-9-17-14)15(21)18-10-6-12-7-11-20(2)19-12/h4-5,7,9,11H,3,6,8,10H2,1-2H3,(H,16,17)(H,18,21). The van der Waals surface area contributed by atoms with E-state index < -0.39 is 0 Å². The Bertz CT molecular complexity index is 593. The fourth-order valence-corrected chi connectivity index (χ4v) is 1.97. The quantitative estimate of drug-likeness (QED) is 0.811. The van der Waals surface area contributed by atoms with Crippen LogP contribution in [0, 0.1) is 0 Å². The zero-order chi connectivity index (χ0) is 15.1. The molecule has 2 N–H and O–H groups in total. The molecule has 0 bridgehead atoms. The Balaban J connectivity index is 1.90. The first-order chi connectivity index (χ1) is 10.2. The third-order valence-corrected chi connectivity index (χ3v) is 3.03. The van der Waals surface area contributed by atoms with Gasteiger partial charge in [-0.25, -0.2) is 4.98 Å². The van der Waals surface area contributed by atoms with Gasteiger partial charge in [-0.15, -0.1) is 0 Å². The van der Waals surface area contributed by atoms with Crippen LogP contribution >= 0.6 is 0 Å². The van der Waals surface area contributed by atoms with E-state index in [0.29, 0.717) is 24.3 Å². The lowest BCUT2D eigenvalue weighted by atomic mass is 10.2. The Morgan fingerprint density at radius 2 is 2.19 bits per heavy atom. The van der Waals surface area contributed by atoms with Gasteiger partial charge in [0.25, 0.3) is 5.91 Å². The van der Waals surface area contributed by atoms with E-state index in [9.17, 15) is 4.79 Å². The van der Waals surface area contributed by atoms with Crippen LogP contribution in [0.1, 0.15) is 29.4 Å². The van der Waals surface area contributed by atoms with Gasteiger partial charge in [-0.2, -0.15) is 5.10 Å². The number of amides is 1. The first kappa shape index (κ1) is 15.0. The van der Waals surface area contributed by atoms with E-state index in [2.05, 4.69) is 27.6 Å². The van der Waals surface area contributed by atoms with Gasteiger partial charge in [0.1, 0.15) is 5.82 Å². The number of carbonyl (C=O) groups is 1. The van der Waals surface area contributed by atoms with E-state index in [4.69, 9.17) is 0 Å². The molecule has 0 aliphatic rings. The van der Waals surface area contributed by atoms with Gasteiger partial charge < -0.3 is 10.6 Å². The molecular weight excluding hydrogens is 266 g/mol. The van der Waals surface area contributed by atoms with Gasteiger partial charge in [-0.05, 0) is 24.6 Å². The van der Waals surface area contributed by atoms with Crippen molar-refractivity contribution in [3.63, 3.8) is 0 Å². The molecule has 2 heterocycles. The summed E-state index contributed by atoms with van der Waals surface area (Å²) in [6.45, 7) is 3.42. The van der Waals surface area contributed by atoms with Crippen molar-refractivity contribution in [3.05, 3.63) is 41.9 Å². The highest BCUT2D eigenvalue weighted by Crippen LogP contribution is 2.11. The summed E-state index contributed by atoms with van der Waals surface area (Å²) < 4.78 is 1.76. The molecule has 0 radical (unpaired) electrons. The van der Waals surface area contributed by atoms with Crippen molar-refractivity contribution in [3.8, 4) is 0 Å². The summed E-state index contributed by atoms with van der Waals surface area (Å²) >= 11 is 0. The minimum absolute atomic E-state index is 0.113. The maximum Gasteiger partial charge on any atom is 0.255 e. The van der Waals surface area contributed by atoms with E-state index in [1.165, 1.54) is 0 Å². The third-order valence-electron chi connectivity index (χ3n) is 3.03. The van der Waals surface area contributed by atoms with E-state index in [0.717, 1.165) is 18.7 Å². The average Bonchev–Trinajstić information content (AvgIpc) is 2.91. The Kier molecular flexibility index (Phi) is 5.31. The molecule has 0 unspecified atom stereocenters. The van der Waals surface area contributed by atoms with Crippen LogP contribution in [0.15, 0.2) is 30.6 Å². The molecule has 6 nitrogen and oxygen atoms in total. The number of nitrogens with one attached hydrogen (secondary N) is 2. The fourth-order valence-electron chi connectivity index (χ4n) is 1.97. The summed E-state index contributed by atoms with van der Waals surface area (Å²) in [6, 6.07) is 5.50. The highest BCUT2D eigenvalue weighted by molar-refractivity contribution is 5.98. The van der Waals surface area contributed by atoms with Crippen molar-refractivity contribution in [2.45, 2.75) is 19.8 Å². The summed E-state index contributed by atoms with van der Waals surface area (Å²) in [5, 5.41) is 10.4. The van der Waals surface area contributed by atoms with Crippen LogP contribution in [-0.2, 0) is 13.5 Å². The zero-order valence-corrected chi connectivity index (χ0v) is 12.5. The summed E-state index contributed by atoms with van der Waals surface area (Å²) in [5.41, 5.74) is 1.54. The number of nitrogens with zero attached hydrogens (tertiary/aromatic N) is 3. The van der Waals surface area contributed by atoms with Gasteiger partial charge in [0.2, 0.25) is 0 Å². The first-order valence-corrected chi connectivity index (χ1v) is 7.16. The molecule has 2 aromatic rings. The predicted molar refractivity (Wildman–Crippen MR) is 82.3 cm³/mol. The van der Waals surface area contributed by atoms with E-state index in [-0.39, 0.29) is 5.91 Å². The molecule has 0 aliphatic carbocycles. The van der Waals surface area contributed by atoms with Crippen molar-refractivity contribution >= 4 is 11.7 Å². The molecule has 6 heteroatoms. The van der Waals surface area contributed by atoms with Crippen LogP contribution in [0.4, 0.5) is 5.82 Å². The summed E-state index contributed by atoms with van der Waals surface area (Å²) in [4.78, 5) is 16.4. The van der Waals surface area contributed by atoms with E-state index in [1.54, 1.807) is 23.0 Å². The number of carbonyl (C=O) groups excluding carboxylic acids is 1. The maximum atomic E-state index is 12.2. The van der Waals surface area contributed by atoms with Gasteiger partial charge in [0.05, 0.1) is 11.3 Å². The number of aromatic nitrogens is 3. The monoisotopic (exact) mass is 287 g/mol. The highest BCUT2D eigenvalue weighted by Gasteiger charge is 2.11. The number of hydrogen-bond acceptors (Lipinski definition) is 4.